The summed E-state index contributed by atoms with van der Waals surface area (Å²) in [5, 5.41) is 8.03. The first-order valence-electron chi connectivity index (χ1n) is 14.0. The second kappa shape index (κ2) is 13.0. The maximum Gasteiger partial charge on any atom is 0.416 e. The van der Waals surface area contributed by atoms with Crippen LogP contribution in [0.1, 0.15) is 36.8 Å². The topological polar surface area (TPSA) is 96.0 Å². The normalized spacial score (nSPS) is 17.8. The third kappa shape index (κ3) is 8.35. The lowest BCUT2D eigenvalue weighted by Crippen LogP contribution is -2.32. The molecule has 0 spiro atoms. The Labute approximate surface area is 260 Å². The van der Waals surface area contributed by atoms with Gasteiger partial charge in [0.1, 0.15) is 5.82 Å². The summed E-state index contributed by atoms with van der Waals surface area (Å²) < 4.78 is 107. The molecule has 7 nitrogen and oxygen atoms in total. The number of fused-ring (bicyclic) bond motifs is 1. The number of anilines is 3. The molecule has 240 valence electrons. The molecule has 5 rings (SSSR count). The van der Waals surface area contributed by atoms with Crippen molar-refractivity contribution in [2.24, 2.45) is 11.8 Å². The van der Waals surface area contributed by atoms with Crippen molar-refractivity contribution in [3.8, 4) is 0 Å². The highest BCUT2D eigenvalue weighted by Crippen LogP contribution is 2.37. The van der Waals surface area contributed by atoms with Crippen molar-refractivity contribution >= 4 is 50.0 Å². The molecule has 1 heterocycles. The van der Waals surface area contributed by atoms with Gasteiger partial charge in [0.15, 0.2) is 0 Å². The zero-order valence-corrected chi connectivity index (χ0v) is 25.1. The molecular weight excluding hydrogens is 644 g/mol. The third-order valence-corrected chi connectivity index (χ3v) is 9.31. The van der Waals surface area contributed by atoms with Crippen LogP contribution >= 0.6 is 11.6 Å². The smallest absolute Gasteiger partial charge is 0.354 e. The first kappa shape index (κ1) is 32.8. The molecule has 0 saturated heterocycles. The van der Waals surface area contributed by atoms with Crippen LogP contribution in [0.2, 0.25) is 5.02 Å². The van der Waals surface area contributed by atoms with Gasteiger partial charge in [0, 0.05) is 29.2 Å². The van der Waals surface area contributed by atoms with Gasteiger partial charge in [-0.2, -0.15) is 31.3 Å². The summed E-state index contributed by atoms with van der Waals surface area (Å²) in [5.74, 6) is 1.14. The second-order valence-corrected chi connectivity index (χ2v) is 13.1. The lowest BCUT2D eigenvalue weighted by Gasteiger charge is -2.28. The van der Waals surface area contributed by atoms with Crippen molar-refractivity contribution in [2.45, 2.75) is 42.9 Å². The number of para-hydroxylation sites is 1. The number of sulfonamides is 1. The Morgan fingerprint density at radius 2 is 1.36 bits per heavy atom. The monoisotopic (exact) mass is 671 g/mol. The van der Waals surface area contributed by atoms with Crippen molar-refractivity contribution in [3.63, 3.8) is 0 Å². The van der Waals surface area contributed by atoms with Crippen LogP contribution in [0.15, 0.2) is 71.6 Å². The van der Waals surface area contributed by atoms with E-state index in [0.717, 1.165) is 29.4 Å². The van der Waals surface area contributed by atoms with E-state index in [4.69, 9.17) is 11.6 Å². The van der Waals surface area contributed by atoms with Gasteiger partial charge in [-0.25, -0.2) is 18.1 Å². The molecule has 1 aromatic heterocycles. The molecule has 0 aliphatic heterocycles. The molecule has 0 bridgehead atoms. The maximum atomic E-state index is 13.2. The Kier molecular flexibility index (Phi) is 9.47. The molecule has 0 unspecified atom stereocenters. The highest BCUT2D eigenvalue weighted by atomic mass is 35.5. The van der Waals surface area contributed by atoms with E-state index in [1.165, 1.54) is 0 Å². The van der Waals surface area contributed by atoms with E-state index in [0.29, 0.717) is 36.2 Å². The zero-order valence-electron chi connectivity index (χ0n) is 23.5. The van der Waals surface area contributed by atoms with Crippen LogP contribution in [0.4, 0.5) is 43.8 Å². The fourth-order valence-electron chi connectivity index (χ4n) is 5.19. The van der Waals surface area contributed by atoms with E-state index in [9.17, 15) is 34.8 Å². The number of benzene rings is 3. The Bertz CT molecular complexity index is 1730. The molecular formula is C30H28ClF6N5O2S. The average molecular weight is 672 g/mol. The highest BCUT2D eigenvalue weighted by molar-refractivity contribution is 7.89. The molecule has 3 N–H and O–H groups in total. The first-order chi connectivity index (χ1) is 21.2. The van der Waals surface area contributed by atoms with Crippen molar-refractivity contribution in [3.05, 3.63) is 82.9 Å². The second-order valence-electron chi connectivity index (χ2n) is 10.9. The summed E-state index contributed by atoms with van der Waals surface area (Å²) >= 11 is 6.00. The maximum absolute atomic E-state index is 13.2. The van der Waals surface area contributed by atoms with Gasteiger partial charge in [-0.1, -0.05) is 23.7 Å². The summed E-state index contributed by atoms with van der Waals surface area (Å²) in [6.07, 6.45) is -7.61. The first-order valence-corrected chi connectivity index (χ1v) is 15.9. The number of nitrogens with one attached hydrogen (secondary N) is 3. The molecule has 0 radical (unpaired) electrons. The van der Waals surface area contributed by atoms with Gasteiger partial charge >= 0.3 is 12.4 Å². The number of alkyl halides is 6. The van der Waals surface area contributed by atoms with Crippen LogP contribution in [0, 0.1) is 11.8 Å². The molecule has 3 aromatic carbocycles. The summed E-state index contributed by atoms with van der Waals surface area (Å²) in [5.41, 5.74) is -1.83. The van der Waals surface area contributed by atoms with Crippen LogP contribution in [0.5, 0.6) is 0 Å². The molecule has 1 fully saturated rings. The number of hydrogen-bond donors (Lipinski definition) is 3. The molecule has 15 heteroatoms. The predicted octanol–water partition coefficient (Wildman–Crippen LogP) is 8.26. The summed E-state index contributed by atoms with van der Waals surface area (Å²) in [4.78, 5) is 8.20. The van der Waals surface area contributed by atoms with Gasteiger partial charge < -0.3 is 10.6 Å². The molecule has 1 aliphatic rings. The highest BCUT2D eigenvalue weighted by Gasteiger charge is 2.38. The molecule has 1 saturated carbocycles. The van der Waals surface area contributed by atoms with Crippen molar-refractivity contribution in [1.82, 2.24) is 14.7 Å². The lowest BCUT2D eigenvalue weighted by atomic mass is 9.82. The van der Waals surface area contributed by atoms with E-state index in [2.05, 4.69) is 25.3 Å². The quantitative estimate of drug-likeness (QED) is 0.155. The number of halogens is 7. The minimum Gasteiger partial charge on any atom is -0.354 e. The fraction of sp³-hybridized carbons (Fsp3) is 0.333. The van der Waals surface area contributed by atoms with Gasteiger partial charge in [-0.15, -0.1) is 0 Å². The van der Waals surface area contributed by atoms with Gasteiger partial charge in [0.25, 0.3) is 0 Å². The SMILES string of the molecule is O=S(=O)(NCC1CCC(CNc2nc(Nc3ccc(Cl)cc3)c3ccccc3n2)CC1)c1cc(C(F)(F)F)cc(C(F)(F)F)c1. The number of hydrogen-bond acceptors (Lipinski definition) is 6. The Hall–Kier alpha value is -3.62. The minimum atomic E-state index is -5.15. The van der Waals surface area contributed by atoms with Crippen LogP contribution in [-0.2, 0) is 22.4 Å². The van der Waals surface area contributed by atoms with E-state index in [1.807, 2.05) is 36.4 Å². The molecule has 1 aliphatic carbocycles. The minimum absolute atomic E-state index is 0.103. The Balaban J connectivity index is 1.18. The molecule has 4 aromatic rings. The van der Waals surface area contributed by atoms with Crippen LogP contribution in [0.25, 0.3) is 10.9 Å². The van der Waals surface area contributed by atoms with Crippen LogP contribution in [-0.4, -0.2) is 31.5 Å². The number of nitrogens with zero attached hydrogens (tertiary/aromatic N) is 2. The van der Waals surface area contributed by atoms with Gasteiger partial charge in [0.05, 0.1) is 21.5 Å². The van der Waals surface area contributed by atoms with Crippen LogP contribution in [0.3, 0.4) is 0 Å². The van der Waals surface area contributed by atoms with Gasteiger partial charge in [-0.05, 0) is 92.1 Å². The van der Waals surface area contributed by atoms with E-state index in [1.54, 1.807) is 12.1 Å². The number of aromatic nitrogens is 2. The average Bonchev–Trinajstić information content (AvgIpc) is 2.99. The third-order valence-electron chi connectivity index (χ3n) is 7.66. The summed E-state index contributed by atoms with van der Waals surface area (Å²) in [7, 11) is -4.62. The van der Waals surface area contributed by atoms with Crippen molar-refractivity contribution in [2.75, 3.05) is 23.7 Å². The van der Waals surface area contributed by atoms with Crippen molar-refractivity contribution in [1.29, 1.82) is 0 Å². The lowest BCUT2D eigenvalue weighted by molar-refractivity contribution is -0.143. The predicted molar refractivity (Wildman–Crippen MR) is 160 cm³/mol. The fourth-order valence-corrected chi connectivity index (χ4v) is 6.50. The molecule has 0 amide bonds. The van der Waals surface area contributed by atoms with E-state index >= 15 is 0 Å². The van der Waals surface area contributed by atoms with Gasteiger partial charge in [0.2, 0.25) is 16.0 Å². The summed E-state index contributed by atoms with van der Waals surface area (Å²) in [6, 6.07) is 15.1. The standard InChI is InChI=1S/C30H28ClF6N5O2S/c31-22-9-11-23(12-10-22)40-27-25-3-1-2-4-26(25)41-28(42-27)38-16-18-5-7-19(8-6-18)17-39-45(43,44)24-14-20(29(32,33)34)13-21(15-24)30(35,36)37/h1-4,9-15,18-19,39H,5-8,16-17H2,(H2,38,40,41,42). The molecule has 45 heavy (non-hydrogen) atoms. The van der Waals surface area contributed by atoms with E-state index < -0.39 is 38.4 Å². The number of rotatable bonds is 9. The van der Waals surface area contributed by atoms with Gasteiger partial charge in [-0.3, -0.25) is 0 Å². The Morgan fingerprint density at radius 1 is 0.778 bits per heavy atom. The molecule has 0 atom stereocenters. The van der Waals surface area contributed by atoms with Crippen molar-refractivity contribution < 1.29 is 34.8 Å². The van der Waals surface area contributed by atoms with E-state index in [-0.39, 0.29) is 36.6 Å². The Morgan fingerprint density at radius 3 is 1.96 bits per heavy atom. The summed E-state index contributed by atoms with van der Waals surface area (Å²) in [6.45, 7) is 0.454. The largest absolute Gasteiger partial charge is 0.416 e. The zero-order chi connectivity index (χ0) is 32.4. The van der Waals surface area contributed by atoms with Crippen LogP contribution < -0.4 is 15.4 Å².